The zero-order chi connectivity index (χ0) is 16.1. The highest BCUT2D eigenvalue weighted by atomic mass is 16.4. The maximum atomic E-state index is 12.1. The first-order valence-corrected chi connectivity index (χ1v) is 7.07. The SMILES string of the molecule is CC(C)[C@H](NC(=O)c1ccc(Cn2cccn2)cc1)C(=O)O. The van der Waals surface area contributed by atoms with E-state index in [2.05, 4.69) is 10.4 Å². The van der Waals surface area contributed by atoms with Gasteiger partial charge in [-0.05, 0) is 29.7 Å². The molecule has 6 nitrogen and oxygen atoms in total. The molecule has 1 aromatic carbocycles. The van der Waals surface area contributed by atoms with Crippen molar-refractivity contribution in [3.63, 3.8) is 0 Å². The minimum Gasteiger partial charge on any atom is -0.480 e. The molecule has 0 saturated carbocycles. The van der Waals surface area contributed by atoms with Crippen molar-refractivity contribution in [2.45, 2.75) is 26.4 Å². The van der Waals surface area contributed by atoms with Gasteiger partial charge >= 0.3 is 5.97 Å². The fourth-order valence-electron chi connectivity index (χ4n) is 2.08. The normalized spacial score (nSPS) is 12.1. The van der Waals surface area contributed by atoms with Crippen molar-refractivity contribution in [3.8, 4) is 0 Å². The van der Waals surface area contributed by atoms with Crippen molar-refractivity contribution in [1.29, 1.82) is 0 Å². The van der Waals surface area contributed by atoms with E-state index in [4.69, 9.17) is 5.11 Å². The van der Waals surface area contributed by atoms with Gasteiger partial charge in [0.25, 0.3) is 5.91 Å². The van der Waals surface area contributed by atoms with Crippen molar-refractivity contribution in [1.82, 2.24) is 15.1 Å². The largest absolute Gasteiger partial charge is 0.480 e. The molecule has 0 aliphatic rings. The Kier molecular flexibility index (Phi) is 4.93. The standard InChI is InChI=1S/C16H19N3O3/c1-11(2)14(16(21)22)18-15(20)13-6-4-12(5-7-13)10-19-9-3-8-17-19/h3-9,11,14H,10H2,1-2H3,(H,18,20)(H,21,22)/t14-/m0/s1. The van der Waals surface area contributed by atoms with E-state index in [1.165, 1.54) is 0 Å². The third-order valence-electron chi connectivity index (χ3n) is 3.34. The Morgan fingerprint density at radius 2 is 1.95 bits per heavy atom. The summed E-state index contributed by atoms with van der Waals surface area (Å²) < 4.78 is 1.79. The van der Waals surface area contributed by atoms with Crippen LogP contribution in [0.2, 0.25) is 0 Å². The van der Waals surface area contributed by atoms with Crippen LogP contribution in [-0.4, -0.2) is 32.8 Å². The van der Waals surface area contributed by atoms with Gasteiger partial charge in [-0.25, -0.2) is 4.79 Å². The Bertz CT molecular complexity index is 633. The summed E-state index contributed by atoms with van der Waals surface area (Å²) in [6, 6.07) is 8.00. The summed E-state index contributed by atoms with van der Waals surface area (Å²) >= 11 is 0. The van der Waals surface area contributed by atoms with E-state index in [-0.39, 0.29) is 11.8 Å². The molecule has 1 atom stereocenters. The van der Waals surface area contributed by atoms with E-state index < -0.39 is 12.0 Å². The lowest BCUT2D eigenvalue weighted by atomic mass is 10.0. The number of carbonyl (C=O) groups excluding carboxylic acids is 1. The molecule has 2 aromatic rings. The van der Waals surface area contributed by atoms with Gasteiger partial charge in [-0.15, -0.1) is 0 Å². The number of carboxylic acid groups (broad SMARTS) is 1. The first-order valence-electron chi connectivity index (χ1n) is 7.07. The minimum absolute atomic E-state index is 0.180. The molecule has 1 aromatic heterocycles. The lowest BCUT2D eigenvalue weighted by Gasteiger charge is -2.17. The van der Waals surface area contributed by atoms with Crippen LogP contribution in [0.3, 0.4) is 0 Å². The van der Waals surface area contributed by atoms with Crippen LogP contribution < -0.4 is 5.32 Å². The number of hydrogen-bond donors (Lipinski definition) is 2. The van der Waals surface area contributed by atoms with Crippen LogP contribution in [0.5, 0.6) is 0 Å². The monoisotopic (exact) mass is 301 g/mol. The summed E-state index contributed by atoms with van der Waals surface area (Å²) in [7, 11) is 0. The second-order valence-corrected chi connectivity index (χ2v) is 5.43. The number of aliphatic carboxylic acids is 1. The van der Waals surface area contributed by atoms with Crippen LogP contribution in [-0.2, 0) is 11.3 Å². The highest BCUT2D eigenvalue weighted by molar-refractivity contribution is 5.96. The Balaban J connectivity index is 2.03. The quantitative estimate of drug-likeness (QED) is 0.851. The molecule has 1 heterocycles. The van der Waals surface area contributed by atoms with E-state index >= 15 is 0 Å². The van der Waals surface area contributed by atoms with E-state index in [1.54, 1.807) is 36.9 Å². The minimum atomic E-state index is -1.03. The molecular weight excluding hydrogens is 282 g/mol. The Morgan fingerprint density at radius 3 is 2.45 bits per heavy atom. The molecule has 2 N–H and O–H groups in total. The Morgan fingerprint density at radius 1 is 1.27 bits per heavy atom. The molecule has 2 rings (SSSR count). The topological polar surface area (TPSA) is 84.2 Å². The predicted octanol–water partition coefficient (Wildman–Crippen LogP) is 1.77. The average molecular weight is 301 g/mol. The van der Waals surface area contributed by atoms with Crippen molar-refractivity contribution in [3.05, 3.63) is 53.9 Å². The third-order valence-corrected chi connectivity index (χ3v) is 3.34. The molecule has 22 heavy (non-hydrogen) atoms. The number of carboxylic acids is 1. The molecule has 0 spiro atoms. The summed E-state index contributed by atoms with van der Waals surface area (Å²) in [6.07, 6.45) is 3.57. The van der Waals surface area contributed by atoms with Crippen molar-refractivity contribution < 1.29 is 14.7 Å². The van der Waals surface area contributed by atoms with Gasteiger partial charge in [0.1, 0.15) is 6.04 Å². The molecule has 0 bridgehead atoms. The number of nitrogens with zero attached hydrogens (tertiary/aromatic N) is 2. The summed E-state index contributed by atoms with van der Waals surface area (Å²) in [4.78, 5) is 23.2. The Hall–Kier alpha value is -2.63. The first-order chi connectivity index (χ1) is 10.5. The van der Waals surface area contributed by atoms with E-state index in [9.17, 15) is 9.59 Å². The number of hydrogen-bond acceptors (Lipinski definition) is 3. The predicted molar refractivity (Wildman–Crippen MR) is 81.5 cm³/mol. The molecule has 0 saturated heterocycles. The molecule has 116 valence electrons. The number of benzene rings is 1. The van der Waals surface area contributed by atoms with Crippen LogP contribution in [0, 0.1) is 5.92 Å². The van der Waals surface area contributed by atoms with Crippen molar-refractivity contribution in [2.75, 3.05) is 0 Å². The van der Waals surface area contributed by atoms with E-state index in [0.717, 1.165) is 5.56 Å². The average Bonchev–Trinajstić information content (AvgIpc) is 2.97. The molecular formula is C16H19N3O3. The lowest BCUT2D eigenvalue weighted by Crippen LogP contribution is -2.44. The number of amides is 1. The lowest BCUT2D eigenvalue weighted by molar-refractivity contribution is -0.140. The maximum Gasteiger partial charge on any atom is 0.326 e. The summed E-state index contributed by atoms with van der Waals surface area (Å²) in [5, 5.41) is 15.8. The van der Waals surface area contributed by atoms with Crippen LogP contribution in [0.4, 0.5) is 0 Å². The fraction of sp³-hybridized carbons (Fsp3) is 0.312. The van der Waals surface area contributed by atoms with Crippen LogP contribution in [0.25, 0.3) is 0 Å². The second-order valence-electron chi connectivity index (χ2n) is 5.43. The highest BCUT2D eigenvalue weighted by Gasteiger charge is 2.23. The number of nitrogens with one attached hydrogen (secondary N) is 1. The molecule has 1 amide bonds. The molecule has 0 unspecified atom stereocenters. The van der Waals surface area contributed by atoms with E-state index in [0.29, 0.717) is 12.1 Å². The van der Waals surface area contributed by atoms with Gasteiger partial charge in [-0.3, -0.25) is 9.48 Å². The zero-order valence-corrected chi connectivity index (χ0v) is 12.6. The summed E-state index contributed by atoms with van der Waals surface area (Å²) in [5.41, 5.74) is 1.45. The zero-order valence-electron chi connectivity index (χ0n) is 12.6. The highest BCUT2D eigenvalue weighted by Crippen LogP contribution is 2.08. The molecule has 0 radical (unpaired) electrons. The smallest absolute Gasteiger partial charge is 0.326 e. The van der Waals surface area contributed by atoms with Gasteiger partial charge in [-0.2, -0.15) is 5.10 Å². The van der Waals surface area contributed by atoms with Crippen LogP contribution >= 0.6 is 0 Å². The second kappa shape index (κ2) is 6.89. The maximum absolute atomic E-state index is 12.1. The summed E-state index contributed by atoms with van der Waals surface area (Å²) in [6.45, 7) is 4.14. The van der Waals surface area contributed by atoms with Gasteiger partial charge in [0.2, 0.25) is 0 Å². The van der Waals surface area contributed by atoms with Crippen molar-refractivity contribution >= 4 is 11.9 Å². The van der Waals surface area contributed by atoms with Gasteiger partial charge < -0.3 is 10.4 Å². The van der Waals surface area contributed by atoms with Crippen LogP contribution in [0.15, 0.2) is 42.7 Å². The molecule has 6 heteroatoms. The molecule has 0 aliphatic heterocycles. The van der Waals surface area contributed by atoms with Crippen molar-refractivity contribution in [2.24, 2.45) is 5.92 Å². The van der Waals surface area contributed by atoms with E-state index in [1.807, 2.05) is 24.4 Å². The van der Waals surface area contributed by atoms with Gasteiger partial charge in [0, 0.05) is 18.0 Å². The fourth-order valence-corrected chi connectivity index (χ4v) is 2.08. The molecule has 0 aliphatic carbocycles. The summed E-state index contributed by atoms with van der Waals surface area (Å²) in [5.74, 6) is -1.59. The van der Waals surface area contributed by atoms with Gasteiger partial charge in [0.05, 0.1) is 6.54 Å². The van der Waals surface area contributed by atoms with Gasteiger partial charge in [-0.1, -0.05) is 26.0 Å². The Labute approximate surface area is 128 Å². The number of carbonyl (C=O) groups is 2. The van der Waals surface area contributed by atoms with Crippen LogP contribution in [0.1, 0.15) is 29.8 Å². The van der Waals surface area contributed by atoms with Gasteiger partial charge in [0.15, 0.2) is 0 Å². The first kappa shape index (κ1) is 15.8. The number of rotatable bonds is 6. The molecule has 0 fully saturated rings. The number of aromatic nitrogens is 2. The third kappa shape index (κ3) is 3.94.